The minimum absolute atomic E-state index is 0.147. The average Bonchev–Trinajstić information content (AvgIpc) is 2.84. The molecule has 1 atom stereocenters. The lowest BCUT2D eigenvalue weighted by Gasteiger charge is -2.17. The molecule has 3 aromatic rings. The number of aromatic nitrogens is 3. The largest absolute Gasteiger partial charge is 0.493 e. The number of hydrogen-bond acceptors (Lipinski definition) is 9. The first kappa shape index (κ1) is 24.7. The van der Waals surface area contributed by atoms with Gasteiger partial charge in [0.05, 0.1) is 24.3 Å². The summed E-state index contributed by atoms with van der Waals surface area (Å²) in [5, 5.41) is 9.68. The van der Waals surface area contributed by atoms with Crippen LogP contribution in [0.25, 0.3) is 22.8 Å². The summed E-state index contributed by atoms with van der Waals surface area (Å²) >= 11 is 0. The van der Waals surface area contributed by atoms with E-state index in [1.165, 1.54) is 6.92 Å². The quantitative estimate of drug-likeness (QED) is 0.256. The summed E-state index contributed by atoms with van der Waals surface area (Å²) in [5.41, 5.74) is 1.40. The summed E-state index contributed by atoms with van der Waals surface area (Å²) in [7, 11) is 0. The van der Waals surface area contributed by atoms with Gasteiger partial charge in [-0.2, -0.15) is 9.97 Å². The molecule has 9 nitrogen and oxygen atoms in total. The molecule has 0 bridgehead atoms. The maximum atomic E-state index is 11.9. The fraction of sp³-hybridized carbons (Fsp3) is 0.280. The molecular weight excluding hydrogens is 438 g/mol. The summed E-state index contributed by atoms with van der Waals surface area (Å²) in [6, 6.07) is 14.5. The van der Waals surface area contributed by atoms with E-state index in [1.54, 1.807) is 0 Å². The Hall–Kier alpha value is -3.98. The van der Waals surface area contributed by atoms with Crippen molar-refractivity contribution in [1.29, 1.82) is 0 Å². The van der Waals surface area contributed by atoms with Crippen LogP contribution in [-0.2, 0) is 9.53 Å². The number of aliphatic hydroxyl groups excluding tert-OH is 1. The van der Waals surface area contributed by atoms with Gasteiger partial charge in [-0.1, -0.05) is 30.8 Å². The lowest BCUT2D eigenvalue weighted by Crippen LogP contribution is -2.29. The maximum absolute atomic E-state index is 11.9. The van der Waals surface area contributed by atoms with Gasteiger partial charge in [0, 0.05) is 5.57 Å². The fourth-order valence-corrected chi connectivity index (χ4v) is 2.95. The second kappa shape index (κ2) is 11.8. The van der Waals surface area contributed by atoms with Crippen LogP contribution in [0.2, 0.25) is 0 Å². The van der Waals surface area contributed by atoms with Crippen molar-refractivity contribution in [2.24, 2.45) is 0 Å². The van der Waals surface area contributed by atoms with Gasteiger partial charge in [0.2, 0.25) is 0 Å². The van der Waals surface area contributed by atoms with Crippen LogP contribution >= 0.6 is 0 Å². The molecule has 0 saturated carbocycles. The molecule has 0 radical (unpaired) electrons. The van der Waals surface area contributed by atoms with E-state index in [2.05, 4.69) is 21.5 Å². The number of esters is 1. The van der Waals surface area contributed by atoms with Crippen molar-refractivity contribution in [3.05, 3.63) is 60.7 Å². The Morgan fingerprint density at radius 3 is 1.85 bits per heavy atom. The molecule has 9 heteroatoms. The molecule has 34 heavy (non-hydrogen) atoms. The van der Waals surface area contributed by atoms with Crippen molar-refractivity contribution < 1.29 is 28.8 Å². The predicted molar refractivity (Wildman–Crippen MR) is 125 cm³/mol. The SMILES string of the molecule is C=C(C)C(=O)OC(CO)Oc1nc(-c2ccccc2OCC)nc(-c2ccccc2OCC)n1. The molecule has 2 aromatic carbocycles. The number of nitrogens with zero attached hydrogens (tertiary/aromatic N) is 3. The van der Waals surface area contributed by atoms with E-state index in [4.69, 9.17) is 18.9 Å². The molecule has 0 amide bonds. The molecule has 1 unspecified atom stereocenters. The minimum Gasteiger partial charge on any atom is -0.493 e. The highest BCUT2D eigenvalue weighted by atomic mass is 16.7. The van der Waals surface area contributed by atoms with Crippen LogP contribution in [0.4, 0.5) is 0 Å². The average molecular weight is 466 g/mol. The van der Waals surface area contributed by atoms with Gasteiger partial charge in [-0.3, -0.25) is 0 Å². The Balaban J connectivity index is 2.11. The van der Waals surface area contributed by atoms with Crippen molar-refractivity contribution >= 4 is 5.97 Å². The van der Waals surface area contributed by atoms with Crippen molar-refractivity contribution in [2.45, 2.75) is 27.1 Å². The molecule has 0 saturated heterocycles. The summed E-state index contributed by atoms with van der Waals surface area (Å²) in [6.45, 7) is 9.08. The maximum Gasteiger partial charge on any atom is 0.336 e. The van der Waals surface area contributed by atoms with E-state index in [9.17, 15) is 9.90 Å². The van der Waals surface area contributed by atoms with E-state index in [0.29, 0.717) is 35.8 Å². The lowest BCUT2D eigenvalue weighted by atomic mass is 10.1. The number of para-hydroxylation sites is 2. The van der Waals surface area contributed by atoms with Gasteiger partial charge in [0.25, 0.3) is 6.29 Å². The van der Waals surface area contributed by atoms with Crippen LogP contribution in [0.3, 0.4) is 0 Å². The Morgan fingerprint density at radius 1 is 0.912 bits per heavy atom. The molecule has 0 spiro atoms. The molecule has 0 fully saturated rings. The van der Waals surface area contributed by atoms with Crippen LogP contribution in [0.15, 0.2) is 60.7 Å². The van der Waals surface area contributed by atoms with E-state index in [1.807, 2.05) is 62.4 Å². The van der Waals surface area contributed by atoms with Crippen LogP contribution < -0.4 is 14.2 Å². The van der Waals surface area contributed by atoms with Gasteiger partial charge in [0.15, 0.2) is 11.6 Å². The van der Waals surface area contributed by atoms with E-state index >= 15 is 0 Å². The van der Waals surface area contributed by atoms with E-state index in [0.717, 1.165) is 0 Å². The van der Waals surface area contributed by atoms with Gasteiger partial charge in [-0.05, 0) is 45.0 Å². The van der Waals surface area contributed by atoms with Gasteiger partial charge in [0.1, 0.15) is 18.1 Å². The van der Waals surface area contributed by atoms with Crippen molar-refractivity contribution in [3.63, 3.8) is 0 Å². The summed E-state index contributed by atoms with van der Waals surface area (Å²) < 4.78 is 22.2. The normalized spacial score (nSPS) is 11.4. The molecule has 3 rings (SSSR count). The van der Waals surface area contributed by atoms with Crippen LogP contribution in [0.5, 0.6) is 17.5 Å². The first-order valence-corrected chi connectivity index (χ1v) is 10.8. The molecule has 0 aliphatic carbocycles. The summed E-state index contributed by atoms with van der Waals surface area (Å²) in [6.07, 6.45) is -1.34. The predicted octanol–water partition coefficient (Wildman–Crippen LogP) is 3.82. The number of carbonyl (C=O) groups is 1. The van der Waals surface area contributed by atoms with Crippen LogP contribution in [-0.4, -0.2) is 52.1 Å². The molecule has 1 N–H and O–H groups in total. The second-order valence-corrected chi connectivity index (χ2v) is 7.04. The molecule has 0 aliphatic rings. The topological polar surface area (TPSA) is 113 Å². The molecule has 1 heterocycles. The number of ether oxygens (including phenoxy) is 4. The Bertz CT molecular complexity index is 1080. The zero-order valence-corrected chi connectivity index (χ0v) is 19.4. The van der Waals surface area contributed by atoms with Gasteiger partial charge in [-0.15, -0.1) is 0 Å². The highest BCUT2D eigenvalue weighted by Gasteiger charge is 2.21. The Kier molecular flexibility index (Phi) is 8.53. The third-order valence-electron chi connectivity index (χ3n) is 4.44. The fourth-order valence-electron chi connectivity index (χ4n) is 2.95. The van der Waals surface area contributed by atoms with Gasteiger partial charge >= 0.3 is 12.0 Å². The number of hydrogen-bond donors (Lipinski definition) is 1. The first-order chi connectivity index (χ1) is 16.5. The molecule has 0 aliphatic heterocycles. The zero-order chi connectivity index (χ0) is 24.5. The second-order valence-electron chi connectivity index (χ2n) is 7.04. The molecule has 178 valence electrons. The monoisotopic (exact) mass is 465 g/mol. The first-order valence-electron chi connectivity index (χ1n) is 10.8. The van der Waals surface area contributed by atoms with E-state index in [-0.39, 0.29) is 23.2 Å². The Labute approximate surface area is 198 Å². The van der Waals surface area contributed by atoms with Gasteiger partial charge in [-0.25, -0.2) is 9.78 Å². The van der Waals surface area contributed by atoms with Gasteiger partial charge < -0.3 is 24.1 Å². The third kappa shape index (κ3) is 6.08. The standard InChI is InChI=1S/C25H27N3O6/c1-5-31-19-13-9-7-11-17(19)22-26-23(18-12-8-10-14-20(18)32-6-2)28-25(27-22)34-21(15-29)33-24(30)16(3)4/h7-14,21,29H,3,5-6,15H2,1-2,4H3. The number of carbonyl (C=O) groups excluding carboxylic acids is 1. The van der Waals surface area contributed by atoms with Crippen molar-refractivity contribution in [3.8, 4) is 40.3 Å². The van der Waals surface area contributed by atoms with Crippen LogP contribution in [0.1, 0.15) is 20.8 Å². The smallest absolute Gasteiger partial charge is 0.336 e. The summed E-state index contributed by atoms with van der Waals surface area (Å²) in [4.78, 5) is 25.3. The molecular formula is C25H27N3O6. The van der Waals surface area contributed by atoms with Crippen molar-refractivity contribution in [1.82, 2.24) is 15.0 Å². The number of rotatable bonds is 11. The minimum atomic E-state index is -1.34. The number of aliphatic hydroxyl groups is 1. The van der Waals surface area contributed by atoms with Crippen LogP contribution in [0, 0.1) is 0 Å². The molecule has 1 aromatic heterocycles. The lowest BCUT2D eigenvalue weighted by molar-refractivity contribution is -0.164. The summed E-state index contributed by atoms with van der Waals surface area (Å²) in [5.74, 6) is 1.01. The zero-order valence-electron chi connectivity index (χ0n) is 19.4. The Morgan fingerprint density at radius 2 is 1.41 bits per heavy atom. The third-order valence-corrected chi connectivity index (χ3v) is 4.44. The number of benzene rings is 2. The highest BCUT2D eigenvalue weighted by Crippen LogP contribution is 2.33. The van der Waals surface area contributed by atoms with Crippen molar-refractivity contribution in [2.75, 3.05) is 19.8 Å². The highest BCUT2D eigenvalue weighted by molar-refractivity contribution is 5.87. The van der Waals surface area contributed by atoms with E-state index < -0.39 is 18.9 Å².